The Hall–Kier alpha value is -2.34. The second-order valence-electron chi connectivity index (χ2n) is 5.40. The molecule has 0 aliphatic carbocycles. The van der Waals surface area contributed by atoms with Gasteiger partial charge in [-0.25, -0.2) is 8.42 Å². The van der Waals surface area contributed by atoms with Crippen LogP contribution in [0, 0.1) is 0 Å². The monoisotopic (exact) mass is 331 g/mol. The molecule has 1 aliphatic rings. The number of methoxy groups -OCH3 is 1. The molecule has 0 aromatic heterocycles. The van der Waals surface area contributed by atoms with Crippen LogP contribution in [0.15, 0.2) is 47.4 Å². The van der Waals surface area contributed by atoms with Gasteiger partial charge >= 0.3 is 0 Å². The van der Waals surface area contributed by atoms with E-state index in [4.69, 9.17) is 4.74 Å². The third-order valence-electron chi connectivity index (χ3n) is 3.99. The Balaban J connectivity index is 1.98. The number of ether oxygens (including phenoxy) is 1. The molecule has 2 aromatic carbocycles. The lowest BCUT2D eigenvalue weighted by Gasteiger charge is -2.19. The van der Waals surface area contributed by atoms with E-state index in [1.807, 2.05) is 0 Å². The van der Waals surface area contributed by atoms with Gasteiger partial charge in [-0.3, -0.25) is 9.10 Å². The first-order valence-corrected chi connectivity index (χ1v) is 8.68. The van der Waals surface area contributed by atoms with Crippen LogP contribution >= 0.6 is 0 Å². The lowest BCUT2D eigenvalue weighted by molar-refractivity contribution is 0.101. The molecule has 23 heavy (non-hydrogen) atoms. The number of hydrogen-bond donors (Lipinski definition) is 0. The predicted molar refractivity (Wildman–Crippen MR) is 87.7 cm³/mol. The zero-order valence-electron chi connectivity index (χ0n) is 12.9. The summed E-state index contributed by atoms with van der Waals surface area (Å²) in [4.78, 5) is 11.7. The molecule has 2 aromatic rings. The summed E-state index contributed by atoms with van der Waals surface area (Å²) in [6.45, 7) is 1.88. The lowest BCUT2D eigenvalue weighted by Crippen LogP contribution is -2.29. The van der Waals surface area contributed by atoms with E-state index in [2.05, 4.69) is 0 Å². The minimum absolute atomic E-state index is 0.0238. The number of rotatable bonds is 4. The summed E-state index contributed by atoms with van der Waals surface area (Å²) in [7, 11) is -2.08. The molecule has 0 bridgehead atoms. The number of ketones is 1. The van der Waals surface area contributed by atoms with Gasteiger partial charge in [-0.05, 0) is 61.4 Å². The number of sulfonamides is 1. The molecule has 0 saturated heterocycles. The minimum atomic E-state index is -3.62. The smallest absolute Gasteiger partial charge is 0.264 e. The van der Waals surface area contributed by atoms with E-state index < -0.39 is 10.0 Å². The Labute approximate surface area is 135 Å². The molecular weight excluding hydrogens is 314 g/mol. The van der Waals surface area contributed by atoms with Crippen molar-refractivity contribution < 1.29 is 17.9 Å². The van der Waals surface area contributed by atoms with E-state index in [1.165, 1.54) is 30.5 Å². The summed E-state index contributed by atoms with van der Waals surface area (Å²) >= 11 is 0. The second-order valence-corrected chi connectivity index (χ2v) is 7.26. The van der Waals surface area contributed by atoms with Gasteiger partial charge in [0.25, 0.3) is 10.0 Å². The van der Waals surface area contributed by atoms with Crippen molar-refractivity contribution in [3.63, 3.8) is 0 Å². The van der Waals surface area contributed by atoms with Gasteiger partial charge in [-0.1, -0.05) is 0 Å². The Kier molecular flexibility index (Phi) is 3.85. The van der Waals surface area contributed by atoms with Crippen LogP contribution in [0.25, 0.3) is 0 Å². The van der Waals surface area contributed by atoms with Gasteiger partial charge in [0.1, 0.15) is 5.75 Å². The number of carbonyl (C=O) groups excluding carboxylic acids is 1. The number of fused-ring (bicyclic) bond motifs is 1. The van der Waals surface area contributed by atoms with Crippen molar-refractivity contribution in [1.82, 2.24) is 0 Å². The van der Waals surface area contributed by atoms with Crippen LogP contribution < -0.4 is 9.04 Å². The van der Waals surface area contributed by atoms with E-state index in [-0.39, 0.29) is 10.7 Å². The second kappa shape index (κ2) is 5.70. The van der Waals surface area contributed by atoms with Crippen LogP contribution in [-0.4, -0.2) is 27.9 Å². The molecular formula is C17H17NO4S. The highest BCUT2D eigenvalue weighted by Gasteiger charge is 2.31. The fraction of sp³-hybridized carbons (Fsp3) is 0.235. The van der Waals surface area contributed by atoms with Crippen LogP contribution in [-0.2, 0) is 16.4 Å². The Morgan fingerprint density at radius 3 is 2.43 bits per heavy atom. The Bertz CT molecular complexity index is 857. The molecule has 0 atom stereocenters. The van der Waals surface area contributed by atoms with Gasteiger partial charge in [0.15, 0.2) is 5.78 Å². The van der Waals surface area contributed by atoms with Crippen molar-refractivity contribution in [2.75, 3.05) is 18.0 Å². The summed E-state index contributed by atoms with van der Waals surface area (Å²) in [5, 5.41) is 0. The van der Waals surface area contributed by atoms with E-state index in [0.29, 0.717) is 30.0 Å². The average molecular weight is 331 g/mol. The molecule has 1 heterocycles. The van der Waals surface area contributed by atoms with Crippen molar-refractivity contribution in [2.45, 2.75) is 18.2 Å². The summed E-state index contributed by atoms with van der Waals surface area (Å²) in [5.74, 6) is 0.584. The number of hydrogen-bond acceptors (Lipinski definition) is 4. The van der Waals surface area contributed by atoms with Crippen molar-refractivity contribution in [2.24, 2.45) is 0 Å². The first-order valence-electron chi connectivity index (χ1n) is 7.24. The minimum Gasteiger partial charge on any atom is -0.497 e. The standard InChI is InChI=1S/C17H17NO4S/c1-12(19)13-3-8-17-14(11-13)9-10-18(17)23(20,21)16-6-4-15(22-2)5-7-16/h3-8,11H,9-10H2,1-2H3. The Morgan fingerprint density at radius 1 is 1.13 bits per heavy atom. The molecule has 120 valence electrons. The third kappa shape index (κ3) is 2.70. The highest BCUT2D eigenvalue weighted by molar-refractivity contribution is 7.92. The van der Waals surface area contributed by atoms with Crippen LogP contribution in [0.3, 0.4) is 0 Å². The van der Waals surface area contributed by atoms with Crippen LogP contribution in [0.5, 0.6) is 5.75 Å². The van der Waals surface area contributed by atoms with E-state index in [9.17, 15) is 13.2 Å². The molecule has 0 spiro atoms. The number of nitrogens with zero attached hydrogens (tertiary/aromatic N) is 1. The molecule has 0 saturated carbocycles. The molecule has 0 amide bonds. The highest BCUT2D eigenvalue weighted by atomic mass is 32.2. The molecule has 0 unspecified atom stereocenters. The lowest BCUT2D eigenvalue weighted by atomic mass is 10.1. The maximum absolute atomic E-state index is 12.8. The average Bonchev–Trinajstić information content (AvgIpc) is 2.98. The SMILES string of the molecule is COc1ccc(S(=O)(=O)N2CCc3cc(C(C)=O)ccc32)cc1. The van der Waals surface area contributed by atoms with Crippen molar-refractivity contribution in [3.05, 3.63) is 53.6 Å². The molecule has 3 rings (SSSR count). The number of carbonyl (C=O) groups is 1. The summed E-state index contributed by atoms with van der Waals surface area (Å²) in [6, 6.07) is 11.5. The maximum Gasteiger partial charge on any atom is 0.264 e. The zero-order valence-corrected chi connectivity index (χ0v) is 13.8. The molecule has 0 radical (unpaired) electrons. The molecule has 0 fully saturated rings. The summed E-state index contributed by atoms with van der Waals surface area (Å²) in [6.07, 6.45) is 0.603. The fourth-order valence-corrected chi connectivity index (χ4v) is 4.22. The molecule has 0 N–H and O–H groups in total. The number of benzene rings is 2. The maximum atomic E-state index is 12.8. The van der Waals surface area contributed by atoms with Gasteiger partial charge in [0.05, 0.1) is 17.7 Å². The molecule has 6 heteroatoms. The van der Waals surface area contributed by atoms with Gasteiger partial charge in [0.2, 0.25) is 0 Å². The van der Waals surface area contributed by atoms with Gasteiger partial charge in [-0.15, -0.1) is 0 Å². The highest BCUT2D eigenvalue weighted by Crippen LogP contribution is 2.34. The van der Waals surface area contributed by atoms with Crippen LogP contribution in [0.4, 0.5) is 5.69 Å². The quantitative estimate of drug-likeness (QED) is 0.808. The summed E-state index contributed by atoms with van der Waals surface area (Å²) in [5.41, 5.74) is 2.13. The fourth-order valence-electron chi connectivity index (χ4n) is 2.72. The predicted octanol–water partition coefficient (Wildman–Crippen LogP) is 2.65. The van der Waals surface area contributed by atoms with Crippen LogP contribution in [0.2, 0.25) is 0 Å². The topological polar surface area (TPSA) is 63.7 Å². The Morgan fingerprint density at radius 2 is 1.83 bits per heavy atom. The van der Waals surface area contributed by atoms with E-state index in [0.717, 1.165) is 5.56 Å². The van der Waals surface area contributed by atoms with Gasteiger partial charge in [-0.2, -0.15) is 0 Å². The zero-order chi connectivity index (χ0) is 16.6. The van der Waals surface area contributed by atoms with Gasteiger partial charge < -0.3 is 4.74 Å². The summed E-state index contributed by atoms with van der Waals surface area (Å²) < 4.78 is 32.1. The van der Waals surface area contributed by atoms with E-state index in [1.54, 1.807) is 30.3 Å². The van der Waals surface area contributed by atoms with E-state index >= 15 is 0 Å². The van der Waals surface area contributed by atoms with Crippen molar-refractivity contribution in [1.29, 1.82) is 0 Å². The first-order chi connectivity index (χ1) is 10.9. The van der Waals surface area contributed by atoms with Gasteiger partial charge in [0, 0.05) is 12.1 Å². The largest absolute Gasteiger partial charge is 0.497 e. The van der Waals surface area contributed by atoms with Crippen molar-refractivity contribution >= 4 is 21.5 Å². The normalized spacial score (nSPS) is 13.7. The van der Waals surface area contributed by atoms with Crippen molar-refractivity contribution in [3.8, 4) is 5.75 Å². The number of anilines is 1. The molecule has 5 nitrogen and oxygen atoms in total. The third-order valence-corrected chi connectivity index (χ3v) is 5.81. The number of Topliss-reactive ketones (excluding diaryl/α,β-unsaturated/α-hetero) is 1. The molecule has 1 aliphatic heterocycles. The first kappa shape index (κ1) is 15.6. The van der Waals surface area contributed by atoms with Crippen LogP contribution in [0.1, 0.15) is 22.8 Å².